The van der Waals surface area contributed by atoms with Gasteiger partial charge in [-0.05, 0) is 42.4 Å². The van der Waals surface area contributed by atoms with Gasteiger partial charge >= 0.3 is 0 Å². The SMILES string of the molecule is CCCC[C@@H]1C2C3C(C)CC3(C=O)C21. The van der Waals surface area contributed by atoms with Gasteiger partial charge in [0.15, 0.2) is 0 Å². The van der Waals surface area contributed by atoms with E-state index in [2.05, 4.69) is 13.8 Å². The molecule has 0 amide bonds. The molecule has 3 aliphatic rings. The largest absolute Gasteiger partial charge is 0.303 e. The van der Waals surface area contributed by atoms with Crippen LogP contribution in [0.5, 0.6) is 0 Å². The van der Waals surface area contributed by atoms with Crippen LogP contribution in [0.2, 0.25) is 0 Å². The van der Waals surface area contributed by atoms with Gasteiger partial charge in [0.25, 0.3) is 0 Å². The minimum absolute atomic E-state index is 0.197. The van der Waals surface area contributed by atoms with Gasteiger partial charge in [0.05, 0.1) is 0 Å². The smallest absolute Gasteiger partial charge is 0.126 e. The first-order valence-corrected chi connectivity index (χ1v) is 6.22. The molecule has 0 aromatic carbocycles. The first-order chi connectivity index (χ1) is 6.76. The fourth-order valence-corrected chi connectivity index (χ4v) is 4.83. The van der Waals surface area contributed by atoms with Crippen molar-refractivity contribution in [2.75, 3.05) is 0 Å². The van der Waals surface area contributed by atoms with E-state index in [1.165, 1.54) is 32.0 Å². The third-order valence-electron chi connectivity index (χ3n) is 5.28. The van der Waals surface area contributed by atoms with E-state index in [0.717, 1.165) is 29.6 Å². The number of aldehydes is 1. The molecule has 3 fully saturated rings. The summed E-state index contributed by atoms with van der Waals surface area (Å²) in [5.74, 6) is 4.37. The molecule has 14 heavy (non-hydrogen) atoms. The van der Waals surface area contributed by atoms with Crippen LogP contribution in [0, 0.1) is 35.0 Å². The number of carbonyl (C=O) groups excluding carboxylic acids is 1. The maximum atomic E-state index is 11.2. The van der Waals surface area contributed by atoms with E-state index >= 15 is 0 Å². The molecule has 3 aliphatic carbocycles. The zero-order chi connectivity index (χ0) is 9.92. The molecule has 0 aromatic rings. The molecule has 0 saturated heterocycles. The monoisotopic (exact) mass is 192 g/mol. The Labute approximate surface area is 86.3 Å². The molecule has 0 N–H and O–H groups in total. The molecule has 1 nitrogen and oxygen atoms in total. The summed E-state index contributed by atoms with van der Waals surface area (Å²) in [5, 5.41) is 0. The van der Waals surface area contributed by atoms with Gasteiger partial charge in [-0.25, -0.2) is 0 Å². The standard InChI is InChI=1S/C13H20O/c1-3-4-5-9-10-11-8(2)6-13(11,7-14)12(9)10/h7-12H,3-6H2,1-2H3/t8?,9-,10?,11?,12?,13?/m1/s1. The number of rotatable bonds is 4. The summed E-state index contributed by atoms with van der Waals surface area (Å²) >= 11 is 0. The van der Waals surface area contributed by atoms with E-state index in [1.54, 1.807) is 0 Å². The third-order valence-corrected chi connectivity index (χ3v) is 5.28. The van der Waals surface area contributed by atoms with Gasteiger partial charge in [0.1, 0.15) is 6.29 Å². The van der Waals surface area contributed by atoms with Crippen LogP contribution in [-0.4, -0.2) is 6.29 Å². The zero-order valence-electron chi connectivity index (χ0n) is 9.20. The van der Waals surface area contributed by atoms with Crippen molar-refractivity contribution in [2.24, 2.45) is 35.0 Å². The van der Waals surface area contributed by atoms with E-state index < -0.39 is 0 Å². The Morgan fingerprint density at radius 1 is 1.43 bits per heavy atom. The first kappa shape index (κ1) is 8.94. The Bertz CT molecular complexity index is 272. The van der Waals surface area contributed by atoms with E-state index in [1.807, 2.05) is 0 Å². The molecule has 0 aliphatic heterocycles. The van der Waals surface area contributed by atoms with Crippen LogP contribution >= 0.6 is 0 Å². The Morgan fingerprint density at radius 3 is 2.71 bits per heavy atom. The topological polar surface area (TPSA) is 17.1 Å². The lowest BCUT2D eigenvalue weighted by Gasteiger charge is -2.59. The third kappa shape index (κ3) is 0.765. The van der Waals surface area contributed by atoms with Gasteiger partial charge in [-0.2, -0.15) is 0 Å². The fourth-order valence-electron chi connectivity index (χ4n) is 4.83. The van der Waals surface area contributed by atoms with Crippen LogP contribution in [0.4, 0.5) is 0 Å². The maximum Gasteiger partial charge on any atom is 0.126 e. The molecule has 0 bridgehead atoms. The normalized spacial score (nSPS) is 57.7. The summed E-state index contributed by atoms with van der Waals surface area (Å²) in [6.07, 6.45) is 6.58. The van der Waals surface area contributed by atoms with Crippen molar-refractivity contribution in [3.63, 3.8) is 0 Å². The minimum Gasteiger partial charge on any atom is -0.303 e. The summed E-state index contributed by atoms with van der Waals surface area (Å²) in [6, 6.07) is 0. The number of carbonyl (C=O) groups is 1. The summed E-state index contributed by atoms with van der Waals surface area (Å²) in [7, 11) is 0. The average molecular weight is 192 g/mol. The lowest BCUT2D eigenvalue weighted by molar-refractivity contribution is -0.158. The maximum absolute atomic E-state index is 11.2. The number of hydrogen-bond donors (Lipinski definition) is 0. The predicted molar refractivity (Wildman–Crippen MR) is 55.8 cm³/mol. The Balaban J connectivity index is 1.67. The first-order valence-electron chi connectivity index (χ1n) is 6.22. The summed E-state index contributed by atoms with van der Waals surface area (Å²) < 4.78 is 0. The highest BCUT2D eigenvalue weighted by Gasteiger charge is 2.81. The van der Waals surface area contributed by atoms with Crippen LogP contribution in [0.1, 0.15) is 39.5 Å². The van der Waals surface area contributed by atoms with Crippen LogP contribution in [0.3, 0.4) is 0 Å². The molecule has 0 aromatic heterocycles. The number of fused-ring (bicyclic) bond motifs is 4. The Morgan fingerprint density at radius 2 is 2.21 bits per heavy atom. The van der Waals surface area contributed by atoms with Crippen molar-refractivity contribution in [3.8, 4) is 0 Å². The van der Waals surface area contributed by atoms with Crippen LogP contribution < -0.4 is 0 Å². The molecular weight excluding hydrogens is 172 g/mol. The molecule has 78 valence electrons. The van der Waals surface area contributed by atoms with Crippen molar-refractivity contribution in [2.45, 2.75) is 39.5 Å². The van der Waals surface area contributed by atoms with Gasteiger partial charge in [-0.1, -0.05) is 26.7 Å². The molecule has 3 saturated carbocycles. The summed E-state index contributed by atoms with van der Waals surface area (Å²) in [4.78, 5) is 11.2. The number of hydrogen-bond acceptors (Lipinski definition) is 1. The zero-order valence-corrected chi connectivity index (χ0v) is 9.20. The highest BCUT2D eigenvalue weighted by molar-refractivity contribution is 5.68. The lowest BCUT2D eigenvalue weighted by atomic mass is 9.44. The van der Waals surface area contributed by atoms with Gasteiger partial charge in [-0.15, -0.1) is 0 Å². The van der Waals surface area contributed by atoms with Crippen LogP contribution in [0.15, 0.2) is 0 Å². The number of unbranched alkanes of at least 4 members (excludes halogenated alkanes) is 1. The average Bonchev–Trinajstić information content (AvgIpc) is 2.78. The van der Waals surface area contributed by atoms with Gasteiger partial charge in [0, 0.05) is 5.41 Å². The van der Waals surface area contributed by atoms with E-state index in [9.17, 15) is 4.79 Å². The van der Waals surface area contributed by atoms with Crippen molar-refractivity contribution >= 4 is 6.29 Å². The molecule has 5 unspecified atom stereocenters. The van der Waals surface area contributed by atoms with Crippen molar-refractivity contribution in [1.82, 2.24) is 0 Å². The highest BCUT2D eigenvalue weighted by Crippen LogP contribution is 2.83. The van der Waals surface area contributed by atoms with Crippen molar-refractivity contribution < 1.29 is 4.79 Å². The molecule has 1 heteroatoms. The molecular formula is C13H20O. The van der Waals surface area contributed by atoms with Crippen LogP contribution in [-0.2, 0) is 4.79 Å². The summed E-state index contributed by atoms with van der Waals surface area (Å²) in [5.41, 5.74) is 0.197. The molecule has 3 rings (SSSR count). The molecule has 0 heterocycles. The second-order valence-corrected chi connectivity index (χ2v) is 5.85. The molecule has 0 radical (unpaired) electrons. The summed E-state index contributed by atoms with van der Waals surface area (Å²) in [6.45, 7) is 4.59. The second kappa shape index (κ2) is 2.62. The minimum atomic E-state index is 0.197. The molecule has 6 atom stereocenters. The van der Waals surface area contributed by atoms with Gasteiger partial charge < -0.3 is 4.79 Å². The van der Waals surface area contributed by atoms with Gasteiger partial charge in [-0.3, -0.25) is 0 Å². The second-order valence-electron chi connectivity index (χ2n) is 5.85. The van der Waals surface area contributed by atoms with E-state index in [4.69, 9.17) is 0 Å². The van der Waals surface area contributed by atoms with Crippen molar-refractivity contribution in [3.05, 3.63) is 0 Å². The van der Waals surface area contributed by atoms with Crippen molar-refractivity contribution in [1.29, 1.82) is 0 Å². The lowest BCUT2D eigenvalue weighted by Crippen LogP contribution is -2.58. The van der Waals surface area contributed by atoms with E-state index in [-0.39, 0.29) is 5.41 Å². The van der Waals surface area contributed by atoms with Gasteiger partial charge in [0.2, 0.25) is 0 Å². The fraction of sp³-hybridized carbons (Fsp3) is 0.923. The molecule has 0 spiro atoms. The van der Waals surface area contributed by atoms with Crippen LogP contribution in [0.25, 0.3) is 0 Å². The Kier molecular flexibility index (Phi) is 1.67. The highest BCUT2D eigenvalue weighted by atomic mass is 16.1. The quantitative estimate of drug-likeness (QED) is 0.626. The predicted octanol–water partition coefficient (Wildman–Crippen LogP) is 2.89. The van der Waals surface area contributed by atoms with E-state index in [0.29, 0.717) is 0 Å². The Hall–Kier alpha value is -0.330.